The van der Waals surface area contributed by atoms with Crippen molar-refractivity contribution in [1.29, 1.82) is 0 Å². The number of amides is 1. The quantitative estimate of drug-likeness (QED) is 0.857. The van der Waals surface area contributed by atoms with Crippen molar-refractivity contribution in [3.8, 4) is 0 Å². The number of rotatable bonds is 5. The Morgan fingerprint density at radius 2 is 1.90 bits per heavy atom. The van der Waals surface area contributed by atoms with Crippen molar-refractivity contribution in [2.24, 2.45) is 0 Å². The molecule has 0 spiro atoms. The van der Waals surface area contributed by atoms with Crippen molar-refractivity contribution < 1.29 is 19.7 Å². The van der Waals surface area contributed by atoms with Crippen LogP contribution in [0.5, 0.6) is 0 Å². The highest BCUT2D eigenvalue weighted by molar-refractivity contribution is 5.72. The van der Waals surface area contributed by atoms with E-state index in [9.17, 15) is 9.90 Å². The Balaban J connectivity index is 2.11. The number of β-amino-alcohol motifs (C(OH)–C–C–N with tert-alkyl or cyclic N) is 1. The first-order valence-corrected chi connectivity index (χ1v) is 6.78. The molecule has 1 fully saturated rings. The van der Waals surface area contributed by atoms with Gasteiger partial charge in [-0.15, -0.1) is 0 Å². The van der Waals surface area contributed by atoms with Crippen LogP contribution in [0.2, 0.25) is 0 Å². The van der Waals surface area contributed by atoms with Crippen molar-refractivity contribution in [3.63, 3.8) is 0 Å². The Morgan fingerprint density at radius 1 is 1.25 bits per heavy atom. The molecule has 1 saturated heterocycles. The van der Waals surface area contributed by atoms with Gasteiger partial charge >= 0.3 is 6.09 Å². The van der Waals surface area contributed by atoms with Crippen molar-refractivity contribution in [2.45, 2.75) is 38.0 Å². The van der Waals surface area contributed by atoms with E-state index in [1.807, 2.05) is 30.3 Å². The molecule has 2 rings (SSSR count). The lowest BCUT2D eigenvalue weighted by atomic mass is 9.87. The highest BCUT2D eigenvalue weighted by atomic mass is 16.6. The van der Waals surface area contributed by atoms with E-state index in [0.29, 0.717) is 12.8 Å². The summed E-state index contributed by atoms with van der Waals surface area (Å²) in [5.41, 5.74) is -1.29. The normalized spacial score (nSPS) is 29.6. The standard InChI is InChI=1S/C15H21NO4/c1-14(9-8-12-6-4-3-5-7-12)15(2,19)16(10-11-17)13(18)20-14/h3-7,17,19H,8-11H2,1-2H3. The van der Waals surface area contributed by atoms with Crippen LogP contribution in [-0.2, 0) is 11.2 Å². The molecule has 0 aromatic heterocycles. The number of hydrogen-bond donors (Lipinski definition) is 2. The molecule has 1 heterocycles. The molecule has 2 N–H and O–H groups in total. The maximum atomic E-state index is 11.8. The number of carbonyl (C=O) groups excluding carboxylic acids is 1. The maximum absolute atomic E-state index is 11.8. The molecule has 0 saturated carbocycles. The number of carbonyl (C=O) groups is 1. The third-order valence-electron chi connectivity index (χ3n) is 4.12. The van der Waals surface area contributed by atoms with E-state index < -0.39 is 17.4 Å². The number of aryl methyl sites for hydroxylation is 1. The molecule has 0 bridgehead atoms. The Bertz CT molecular complexity index is 474. The van der Waals surface area contributed by atoms with E-state index in [0.717, 1.165) is 5.56 Å². The van der Waals surface area contributed by atoms with Crippen LogP contribution in [0.25, 0.3) is 0 Å². The van der Waals surface area contributed by atoms with E-state index in [-0.39, 0.29) is 13.2 Å². The zero-order valence-electron chi connectivity index (χ0n) is 11.9. The van der Waals surface area contributed by atoms with Crippen LogP contribution in [0.3, 0.4) is 0 Å². The van der Waals surface area contributed by atoms with Crippen LogP contribution in [-0.4, -0.2) is 45.7 Å². The number of ether oxygens (including phenoxy) is 1. The molecule has 20 heavy (non-hydrogen) atoms. The van der Waals surface area contributed by atoms with Gasteiger partial charge in [-0.05, 0) is 32.3 Å². The summed E-state index contributed by atoms with van der Waals surface area (Å²) in [4.78, 5) is 13.0. The number of benzene rings is 1. The SMILES string of the molecule is CC1(CCc2ccccc2)OC(=O)N(CCO)C1(C)O. The Kier molecular flexibility index (Phi) is 4.01. The lowest BCUT2D eigenvalue weighted by Gasteiger charge is -2.37. The number of aliphatic hydroxyl groups excluding tert-OH is 1. The average Bonchev–Trinajstić information content (AvgIpc) is 2.58. The van der Waals surface area contributed by atoms with E-state index in [2.05, 4.69) is 0 Å². The molecule has 0 radical (unpaired) electrons. The molecular formula is C15H21NO4. The molecule has 1 aromatic carbocycles. The molecule has 2 unspecified atom stereocenters. The average molecular weight is 279 g/mol. The summed E-state index contributed by atoms with van der Waals surface area (Å²) < 4.78 is 5.38. The topological polar surface area (TPSA) is 70.0 Å². The van der Waals surface area contributed by atoms with Crippen LogP contribution in [0.4, 0.5) is 4.79 Å². The Morgan fingerprint density at radius 3 is 2.50 bits per heavy atom. The second-order valence-electron chi connectivity index (χ2n) is 5.48. The van der Waals surface area contributed by atoms with E-state index in [1.165, 1.54) is 4.90 Å². The van der Waals surface area contributed by atoms with Gasteiger partial charge in [-0.25, -0.2) is 4.79 Å². The van der Waals surface area contributed by atoms with Gasteiger partial charge in [0.25, 0.3) is 0 Å². The fourth-order valence-electron chi connectivity index (χ4n) is 2.53. The molecule has 110 valence electrons. The predicted octanol–water partition coefficient (Wildman–Crippen LogP) is 1.53. The Hall–Kier alpha value is -1.59. The number of nitrogens with zero attached hydrogens (tertiary/aromatic N) is 1. The van der Waals surface area contributed by atoms with Crippen molar-refractivity contribution in [3.05, 3.63) is 35.9 Å². The summed E-state index contributed by atoms with van der Waals surface area (Å²) in [5, 5.41) is 19.6. The van der Waals surface area contributed by atoms with Crippen LogP contribution < -0.4 is 0 Å². The fourth-order valence-corrected chi connectivity index (χ4v) is 2.53. The van der Waals surface area contributed by atoms with Gasteiger partial charge in [0.2, 0.25) is 0 Å². The zero-order valence-corrected chi connectivity index (χ0v) is 11.9. The molecule has 2 atom stereocenters. The predicted molar refractivity (Wildman–Crippen MR) is 74.1 cm³/mol. The summed E-state index contributed by atoms with van der Waals surface area (Å²) >= 11 is 0. The van der Waals surface area contributed by atoms with Gasteiger partial charge in [0.15, 0.2) is 11.3 Å². The number of hydrogen-bond acceptors (Lipinski definition) is 4. The fraction of sp³-hybridized carbons (Fsp3) is 0.533. The lowest BCUT2D eigenvalue weighted by Crippen LogP contribution is -2.55. The van der Waals surface area contributed by atoms with Crippen molar-refractivity contribution in [1.82, 2.24) is 4.90 Å². The molecule has 1 amide bonds. The van der Waals surface area contributed by atoms with Gasteiger partial charge in [0.1, 0.15) is 0 Å². The minimum Gasteiger partial charge on any atom is -0.438 e. The molecule has 0 aliphatic carbocycles. The molecule has 1 aromatic rings. The first-order chi connectivity index (χ1) is 9.40. The third-order valence-corrected chi connectivity index (χ3v) is 4.12. The molecule has 1 aliphatic rings. The van der Waals surface area contributed by atoms with Crippen LogP contribution >= 0.6 is 0 Å². The van der Waals surface area contributed by atoms with Gasteiger partial charge in [-0.1, -0.05) is 30.3 Å². The summed E-state index contributed by atoms with van der Waals surface area (Å²) in [6, 6.07) is 9.85. The largest absolute Gasteiger partial charge is 0.438 e. The van der Waals surface area contributed by atoms with Crippen LogP contribution in [0.1, 0.15) is 25.8 Å². The summed E-state index contributed by atoms with van der Waals surface area (Å²) in [5.74, 6) is 0. The van der Waals surface area contributed by atoms with Gasteiger partial charge in [-0.2, -0.15) is 0 Å². The molecule has 1 aliphatic heterocycles. The van der Waals surface area contributed by atoms with E-state index in [1.54, 1.807) is 13.8 Å². The van der Waals surface area contributed by atoms with Gasteiger partial charge < -0.3 is 14.9 Å². The summed E-state index contributed by atoms with van der Waals surface area (Å²) in [6.07, 6.45) is 0.630. The zero-order chi connectivity index (χ0) is 14.8. The van der Waals surface area contributed by atoms with Gasteiger partial charge in [-0.3, -0.25) is 4.90 Å². The second-order valence-corrected chi connectivity index (χ2v) is 5.48. The highest BCUT2D eigenvalue weighted by Gasteiger charge is 2.58. The van der Waals surface area contributed by atoms with Crippen molar-refractivity contribution >= 4 is 6.09 Å². The second kappa shape index (κ2) is 5.42. The lowest BCUT2D eigenvalue weighted by molar-refractivity contribution is -0.140. The molecule has 5 nitrogen and oxygen atoms in total. The smallest absolute Gasteiger partial charge is 0.412 e. The summed E-state index contributed by atoms with van der Waals surface area (Å²) in [7, 11) is 0. The molecular weight excluding hydrogens is 258 g/mol. The monoisotopic (exact) mass is 279 g/mol. The maximum Gasteiger partial charge on any atom is 0.412 e. The minimum atomic E-state index is -1.43. The van der Waals surface area contributed by atoms with Crippen molar-refractivity contribution in [2.75, 3.05) is 13.2 Å². The van der Waals surface area contributed by atoms with E-state index >= 15 is 0 Å². The van der Waals surface area contributed by atoms with Crippen LogP contribution in [0.15, 0.2) is 30.3 Å². The van der Waals surface area contributed by atoms with E-state index in [4.69, 9.17) is 9.84 Å². The number of cyclic esters (lactones) is 1. The van der Waals surface area contributed by atoms with Gasteiger partial charge in [0, 0.05) is 0 Å². The van der Waals surface area contributed by atoms with Crippen LogP contribution in [0, 0.1) is 0 Å². The first-order valence-electron chi connectivity index (χ1n) is 6.78. The Labute approximate surface area is 118 Å². The highest BCUT2D eigenvalue weighted by Crippen LogP contribution is 2.40. The third kappa shape index (κ3) is 2.51. The first kappa shape index (κ1) is 14.8. The minimum absolute atomic E-state index is 0.0623. The van der Waals surface area contributed by atoms with Gasteiger partial charge in [0.05, 0.1) is 13.2 Å². The number of aliphatic hydroxyl groups is 2. The summed E-state index contributed by atoms with van der Waals surface area (Å²) in [6.45, 7) is 3.14. The molecule has 5 heteroatoms.